The summed E-state index contributed by atoms with van der Waals surface area (Å²) in [4.78, 5) is 16.2. The highest BCUT2D eigenvalue weighted by atomic mass is 16.1. The molecule has 0 aliphatic rings. The van der Waals surface area contributed by atoms with Crippen molar-refractivity contribution in [3.8, 4) is 0 Å². The van der Waals surface area contributed by atoms with Crippen LogP contribution in [-0.4, -0.2) is 22.0 Å². The number of carbonyl (C=O) groups is 1. The Balaban J connectivity index is 1.84. The molecule has 0 bridgehead atoms. The number of nitrogens with one attached hydrogen (secondary N) is 1. The summed E-state index contributed by atoms with van der Waals surface area (Å²) in [6.45, 7) is 9.27. The second kappa shape index (κ2) is 8.67. The molecule has 2 aromatic carbocycles. The van der Waals surface area contributed by atoms with Crippen LogP contribution in [0.4, 0.5) is 0 Å². The first-order valence-corrected chi connectivity index (χ1v) is 9.55. The van der Waals surface area contributed by atoms with Gasteiger partial charge >= 0.3 is 0 Å². The van der Waals surface area contributed by atoms with Crippen LogP contribution in [0.3, 0.4) is 0 Å². The molecule has 1 aromatic heterocycles. The summed E-state index contributed by atoms with van der Waals surface area (Å²) >= 11 is 0. The Morgan fingerprint density at radius 1 is 1.22 bits per heavy atom. The van der Waals surface area contributed by atoms with E-state index in [1.165, 1.54) is 17.2 Å². The topological polar surface area (TPSA) is 46.9 Å². The molecule has 1 heterocycles. The number of fused-ring (bicyclic) bond motifs is 1. The van der Waals surface area contributed by atoms with Crippen LogP contribution in [0, 0.1) is 0 Å². The van der Waals surface area contributed by atoms with Crippen molar-refractivity contribution >= 4 is 16.9 Å². The molecule has 0 saturated carbocycles. The van der Waals surface area contributed by atoms with Gasteiger partial charge in [0.15, 0.2) is 0 Å². The summed E-state index contributed by atoms with van der Waals surface area (Å²) in [5.41, 5.74) is 4.73. The van der Waals surface area contributed by atoms with Crippen LogP contribution in [0.5, 0.6) is 0 Å². The molecule has 4 heteroatoms. The third-order valence-corrected chi connectivity index (χ3v) is 5.07. The average Bonchev–Trinajstić information content (AvgIpc) is 3.05. The van der Waals surface area contributed by atoms with Gasteiger partial charge < -0.3 is 9.88 Å². The number of hydrogen-bond acceptors (Lipinski definition) is 2. The monoisotopic (exact) mass is 361 g/mol. The van der Waals surface area contributed by atoms with Gasteiger partial charge in [0.05, 0.1) is 11.0 Å². The van der Waals surface area contributed by atoms with E-state index in [-0.39, 0.29) is 5.91 Å². The maximum Gasteiger partial charge on any atom is 0.243 e. The second-order valence-corrected chi connectivity index (χ2v) is 6.90. The molecule has 0 radical (unpaired) electrons. The SMILES string of the molecule is C=CC(=O)NCCc1nc2ccccc2n1Cc1ccc(C(C)CC)cc1. The highest BCUT2D eigenvalue weighted by Crippen LogP contribution is 2.21. The van der Waals surface area contributed by atoms with E-state index >= 15 is 0 Å². The number of imidazole rings is 1. The highest BCUT2D eigenvalue weighted by molar-refractivity contribution is 5.86. The molecule has 1 N–H and O–H groups in total. The van der Waals surface area contributed by atoms with Gasteiger partial charge in [-0.15, -0.1) is 0 Å². The number of nitrogens with zero attached hydrogens (tertiary/aromatic N) is 2. The fourth-order valence-corrected chi connectivity index (χ4v) is 3.23. The Morgan fingerprint density at radius 3 is 2.67 bits per heavy atom. The number of carbonyl (C=O) groups excluding carboxylic acids is 1. The van der Waals surface area contributed by atoms with Crippen LogP contribution in [0.15, 0.2) is 61.2 Å². The van der Waals surface area contributed by atoms with Crippen molar-refractivity contribution in [1.82, 2.24) is 14.9 Å². The molecule has 3 rings (SSSR count). The summed E-state index contributed by atoms with van der Waals surface area (Å²) in [5.74, 6) is 1.40. The maximum atomic E-state index is 11.4. The van der Waals surface area contributed by atoms with Crippen molar-refractivity contribution in [2.45, 2.75) is 39.2 Å². The number of benzene rings is 2. The minimum Gasteiger partial charge on any atom is -0.352 e. The summed E-state index contributed by atoms with van der Waals surface area (Å²) in [5, 5.41) is 2.83. The molecular weight excluding hydrogens is 334 g/mol. The standard InChI is InChI=1S/C23H27N3O/c1-4-17(3)19-12-10-18(11-13-19)16-26-21-9-7-6-8-20(21)25-22(26)14-15-24-23(27)5-2/h5-13,17H,2,4,14-16H2,1,3H3,(H,24,27). The van der Waals surface area contributed by atoms with Gasteiger partial charge in [-0.1, -0.05) is 56.8 Å². The predicted molar refractivity (Wildman–Crippen MR) is 111 cm³/mol. The largest absolute Gasteiger partial charge is 0.352 e. The first kappa shape index (κ1) is 18.9. The van der Waals surface area contributed by atoms with Gasteiger partial charge in [-0.3, -0.25) is 4.79 Å². The molecule has 3 aromatic rings. The highest BCUT2D eigenvalue weighted by Gasteiger charge is 2.11. The van der Waals surface area contributed by atoms with Crippen LogP contribution in [0.25, 0.3) is 11.0 Å². The molecule has 0 aliphatic heterocycles. The normalized spacial score (nSPS) is 12.1. The lowest BCUT2D eigenvalue weighted by Crippen LogP contribution is -2.24. The van der Waals surface area contributed by atoms with E-state index in [1.807, 2.05) is 18.2 Å². The van der Waals surface area contributed by atoms with E-state index < -0.39 is 0 Å². The van der Waals surface area contributed by atoms with Crippen molar-refractivity contribution in [2.24, 2.45) is 0 Å². The van der Waals surface area contributed by atoms with E-state index in [0.29, 0.717) is 18.9 Å². The van der Waals surface area contributed by atoms with Crippen molar-refractivity contribution < 1.29 is 4.79 Å². The molecule has 4 nitrogen and oxygen atoms in total. The number of amides is 1. The molecule has 1 amide bonds. The fourth-order valence-electron chi connectivity index (χ4n) is 3.23. The Hall–Kier alpha value is -2.88. The van der Waals surface area contributed by atoms with Crippen LogP contribution in [-0.2, 0) is 17.8 Å². The van der Waals surface area contributed by atoms with Gasteiger partial charge in [-0.05, 0) is 41.7 Å². The average molecular weight is 361 g/mol. The third-order valence-electron chi connectivity index (χ3n) is 5.07. The van der Waals surface area contributed by atoms with Crippen molar-refractivity contribution in [1.29, 1.82) is 0 Å². The smallest absolute Gasteiger partial charge is 0.243 e. The van der Waals surface area contributed by atoms with Crippen LogP contribution in [0.2, 0.25) is 0 Å². The predicted octanol–water partition coefficient (Wildman–Crippen LogP) is 4.44. The number of para-hydroxylation sites is 2. The van der Waals surface area contributed by atoms with Crippen molar-refractivity contribution in [3.05, 3.63) is 78.1 Å². The quantitative estimate of drug-likeness (QED) is 0.603. The van der Waals surface area contributed by atoms with E-state index in [9.17, 15) is 4.79 Å². The summed E-state index contributed by atoms with van der Waals surface area (Å²) in [7, 11) is 0. The molecule has 0 spiro atoms. The Bertz CT molecular complexity index is 924. The van der Waals surface area contributed by atoms with Crippen LogP contribution < -0.4 is 5.32 Å². The lowest BCUT2D eigenvalue weighted by molar-refractivity contribution is -0.116. The van der Waals surface area contributed by atoms with E-state index in [4.69, 9.17) is 4.98 Å². The molecule has 1 unspecified atom stereocenters. The first-order chi connectivity index (χ1) is 13.1. The van der Waals surface area contributed by atoms with Crippen LogP contribution >= 0.6 is 0 Å². The zero-order valence-electron chi connectivity index (χ0n) is 16.1. The lowest BCUT2D eigenvalue weighted by Gasteiger charge is -2.12. The molecule has 27 heavy (non-hydrogen) atoms. The molecule has 0 saturated heterocycles. The van der Waals surface area contributed by atoms with E-state index in [0.717, 1.165) is 29.8 Å². The molecule has 140 valence electrons. The Kier molecular flexibility index (Phi) is 6.07. The minimum absolute atomic E-state index is 0.154. The summed E-state index contributed by atoms with van der Waals surface area (Å²) in [6, 6.07) is 17.0. The molecule has 0 fully saturated rings. The van der Waals surface area contributed by atoms with Crippen molar-refractivity contribution in [2.75, 3.05) is 6.54 Å². The maximum absolute atomic E-state index is 11.4. The van der Waals surface area contributed by atoms with Gasteiger partial charge in [0.1, 0.15) is 5.82 Å². The number of aromatic nitrogens is 2. The number of rotatable bonds is 8. The second-order valence-electron chi connectivity index (χ2n) is 6.90. The Labute approximate surface area is 160 Å². The lowest BCUT2D eigenvalue weighted by atomic mass is 9.98. The molecular formula is C23H27N3O. The first-order valence-electron chi connectivity index (χ1n) is 9.55. The fraction of sp³-hybridized carbons (Fsp3) is 0.304. The van der Waals surface area contributed by atoms with Gasteiger partial charge in [0.2, 0.25) is 5.91 Å². The van der Waals surface area contributed by atoms with Gasteiger partial charge in [-0.25, -0.2) is 4.98 Å². The minimum atomic E-state index is -0.154. The zero-order chi connectivity index (χ0) is 19.2. The third kappa shape index (κ3) is 4.45. The van der Waals surface area contributed by atoms with E-state index in [2.05, 4.69) is 60.6 Å². The van der Waals surface area contributed by atoms with Crippen molar-refractivity contribution in [3.63, 3.8) is 0 Å². The molecule has 1 atom stereocenters. The van der Waals surface area contributed by atoms with Gasteiger partial charge in [-0.2, -0.15) is 0 Å². The van der Waals surface area contributed by atoms with E-state index in [1.54, 1.807) is 0 Å². The Morgan fingerprint density at radius 2 is 1.96 bits per heavy atom. The summed E-state index contributed by atoms with van der Waals surface area (Å²) in [6.07, 6.45) is 3.12. The van der Waals surface area contributed by atoms with Gasteiger partial charge in [0.25, 0.3) is 0 Å². The number of hydrogen-bond donors (Lipinski definition) is 1. The van der Waals surface area contributed by atoms with Gasteiger partial charge in [0, 0.05) is 19.5 Å². The van der Waals surface area contributed by atoms with Crippen LogP contribution in [0.1, 0.15) is 43.1 Å². The zero-order valence-corrected chi connectivity index (χ0v) is 16.1. The molecule has 0 aliphatic carbocycles. The summed E-state index contributed by atoms with van der Waals surface area (Å²) < 4.78 is 2.24.